The molecule has 2 amide bonds. The summed E-state index contributed by atoms with van der Waals surface area (Å²) in [4.78, 5) is 37.8. The maximum absolute atomic E-state index is 13.0. The van der Waals surface area contributed by atoms with Gasteiger partial charge in [-0.3, -0.25) is 9.59 Å². The summed E-state index contributed by atoms with van der Waals surface area (Å²) < 4.78 is 4.67. The second-order valence-corrected chi connectivity index (χ2v) is 9.68. The zero-order chi connectivity index (χ0) is 21.5. The Bertz CT molecular complexity index is 988. The largest absolute Gasteiger partial charge is 1.00 e. The number of β-lactam (4-membered cyclic amide) rings is 1. The average Bonchev–Trinajstić information content (AvgIpc) is 2.97. The molecule has 0 saturated carbocycles. The van der Waals surface area contributed by atoms with E-state index < -0.39 is 39.5 Å². The predicted octanol–water partition coefficient (Wildman–Crippen LogP) is -2.11. The van der Waals surface area contributed by atoms with Crippen LogP contribution >= 0.6 is 11.8 Å². The van der Waals surface area contributed by atoms with E-state index in [2.05, 4.69) is 5.32 Å². The Balaban J connectivity index is 0.00000272. The van der Waals surface area contributed by atoms with E-state index in [-0.39, 0.29) is 58.0 Å². The first kappa shape index (κ1) is 24.3. The first-order valence-corrected chi connectivity index (χ1v) is 10.4. The van der Waals surface area contributed by atoms with E-state index >= 15 is 0 Å². The fourth-order valence-electron chi connectivity index (χ4n) is 4.20. The summed E-state index contributed by atoms with van der Waals surface area (Å²) in [6.07, 6.45) is 0. The molecule has 9 heteroatoms. The number of nitrogens with one attached hydrogen (secondary N) is 1. The molecule has 0 aromatic heterocycles. The molecule has 2 fully saturated rings. The summed E-state index contributed by atoms with van der Waals surface area (Å²) in [5.74, 6) is -1.67. The van der Waals surface area contributed by atoms with E-state index in [0.29, 0.717) is 5.75 Å². The molecular weight excluding hydrogens is 443 g/mol. The Morgan fingerprint density at radius 3 is 2.26 bits per heavy atom. The number of carbonyl (C=O) groups is 3. The number of hydrogen-bond acceptors (Lipinski definition) is 6. The summed E-state index contributed by atoms with van der Waals surface area (Å²) in [5, 5.41) is 14.6. The van der Waals surface area contributed by atoms with Crippen LogP contribution in [0.3, 0.4) is 0 Å². The molecule has 0 aliphatic carbocycles. The number of thioether (sulfide) groups is 1. The van der Waals surface area contributed by atoms with Crippen molar-refractivity contribution < 1.29 is 75.6 Å². The fourth-order valence-corrected chi connectivity index (χ4v) is 6.14. The van der Waals surface area contributed by atoms with Gasteiger partial charge in [-0.1, -0.05) is 48.5 Å². The fraction of sp³-hybridized carbons (Fsp3) is 0.318. The smallest absolute Gasteiger partial charge is 0.548 e. The van der Waals surface area contributed by atoms with Crippen LogP contribution < -0.4 is 66.5 Å². The Morgan fingerprint density at radius 2 is 1.68 bits per heavy atom. The zero-order valence-electron chi connectivity index (χ0n) is 17.5. The SMILES string of the molecule is CC1(C)S[C@]2(c3ccccc3)[C@H](NC(=O)COc3ccccc3)C(=O)N2[C@H]1C(=O)[O-].[K+]. The summed E-state index contributed by atoms with van der Waals surface area (Å²) in [6.45, 7) is 3.29. The maximum Gasteiger partial charge on any atom is 1.00 e. The third-order valence-corrected chi connectivity index (χ3v) is 7.13. The van der Waals surface area contributed by atoms with Crippen molar-refractivity contribution in [3.05, 3.63) is 66.2 Å². The first-order valence-electron chi connectivity index (χ1n) is 9.54. The van der Waals surface area contributed by atoms with Gasteiger partial charge in [-0.05, 0) is 31.5 Å². The topological polar surface area (TPSA) is 98.8 Å². The van der Waals surface area contributed by atoms with Gasteiger partial charge in [-0.15, -0.1) is 11.8 Å². The molecule has 7 nitrogen and oxygen atoms in total. The van der Waals surface area contributed by atoms with Crippen LogP contribution in [0.15, 0.2) is 60.7 Å². The summed E-state index contributed by atoms with van der Waals surface area (Å²) in [6, 6.07) is 16.0. The normalized spacial score (nSPS) is 25.6. The van der Waals surface area contributed by atoms with Crippen molar-refractivity contribution in [3.63, 3.8) is 0 Å². The molecule has 156 valence electrons. The number of fused-ring (bicyclic) bond motifs is 1. The third-order valence-electron chi connectivity index (χ3n) is 5.40. The van der Waals surface area contributed by atoms with Crippen molar-refractivity contribution in [1.82, 2.24) is 10.2 Å². The Kier molecular flexibility index (Phi) is 7.24. The van der Waals surface area contributed by atoms with Gasteiger partial charge >= 0.3 is 51.4 Å². The van der Waals surface area contributed by atoms with Crippen molar-refractivity contribution in [1.29, 1.82) is 0 Å². The number of amides is 2. The quantitative estimate of drug-likeness (QED) is 0.388. The standard InChI is InChI=1S/C22H22N2O5S.K/c1-21(2)18(20(27)28)24-19(26)17(22(24,30-21)14-9-5-3-6-10-14)23-16(25)13-29-15-11-7-4-8-12-15;/h3-12,17-18H,13H2,1-2H3,(H,23,25)(H,27,28);/q;+1/p-1/t17-,18+,22-;/m1./s1. The van der Waals surface area contributed by atoms with E-state index in [0.717, 1.165) is 5.56 Å². The number of nitrogens with zero attached hydrogens (tertiary/aromatic N) is 1. The molecular formula is C22H21KN2O5S. The summed E-state index contributed by atoms with van der Waals surface area (Å²) in [5.41, 5.74) is 0.751. The summed E-state index contributed by atoms with van der Waals surface area (Å²) in [7, 11) is 0. The number of carboxylic acid groups (broad SMARTS) is 1. The zero-order valence-corrected chi connectivity index (χ0v) is 21.5. The van der Waals surface area contributed by atoms with Gasteiger partial charge < -0.3 is 24.9 Å². The predicted molar refractivity (Wildman–Crippen MR) is 109 cm³/mol. The molecule has 4 rings (SSSR count). The van der Waals surface area contributed by atoms with Gasteiger partial charge in [-0.25, -0.2) is 0 Å². The van der Waals surface area contributed by atoms with Gasteiger partial charge in [0.2, 0.25) is 0 Å². The number of para-hydroxylation sites is 1. The van der Waals surface area contributed by atoms with E-state index in [1.807, 2.05) is 36.4 Å². The minimum Gasteiger partial charge on any atom is -0.548 e. The molecule has 2 heterocycles. The van der Waals surface area contributed by atoms with E-state index in [1.54, 1.807) is 38.1 Å². The third kappa shape index (κ3) is 4.19. The van der Waals surface area contributed by atoms with Crippen molar-refractivity contribution >= 4 is 29.5 Å². The van der Waals surface area contributed by atoms with Gasteiger partial charge in [0.15, 0.2) is 6.61 Å². The van der Waals surface area contributed by atoms with Crippen LogP contribution in [0.5, 0.6) is 5.75 Å². The first-order chi connectivity index (χ1) is 14.3. The number of carbonyl (C=O) groups excluding carboxylic acids is 3. The molecule has 2 saturated heterocycles. The number of carboxylic acids is 1. The molecule has 0 bridgehead atoms. The minimum atomic E-state index is -1.31. The van der Waals surface area contributed by atoms with Crippen molar-refractivity contribution in [2.75, 3.05) is 6.61 Å². The molecule has 2 aromatic carbocycles. The molecule has 3 atom stereocenters. The van der Waals surface area contributed by atoms with Gasteiger partial charge in [0.1, 0.15) is 16.7 Å². The van der Waals surface area contributed by atoms with E-state index in [4.69, 9.17) is 4.74 Å². The monoisotopic (exact) mass is 464 g/mol. The summed E-state index contributed by atoms with van der Waals surface area (Å²) >= 11 is 1.35. The van der Waals surface area contributed by atoms with E-state index in [9.17, 15) is 19.5 Å². The Labute approximate surface area is 227 Å². The van der Waals surface area contributed by atoms with Crippen LogP contribution in [0.25, 0.3) is 0 Å². The van der Waals surface area contributed by atoms with Gasteiger partial charge in [0, 0.05) is 4.75 Å². The van der Waals surface area contributed by atoms with Gasteiger partial charge in [-0.2, -0.15) is 0 Å². The average molecular weight is 465 g/mol. The van der Waals surface area contributed by atoms with Crippen LogP contribution in [0.1, 0.15) is 19.4 Å². The Hall–Kier alpha value is -1.36. The maximum atomic E-state index is 13.0. The molecule has 0 radical (unpaired) electrons. The van der Waals surface area contributed by atoms with E-state index in [1.165, 1.54) is 16.7 Å². The number of ether oxygens (including phenoxy) is 1. The van der Waals surface area contributed by atoms with Crippen LogP contribution in [0.2, 0.25) is 0 Å². The van der Waals surface area contributed by atoms with Crippen molar-refractivity contribution in [2.45, 2.75) is 35.5 Å². The molecule has 0 unspecified atom stereocenters. The van der Waals surface area contributed by atoms with Crippen LogP contribution in [-0.4, -0.2) is 46.1 Å². The second-order valence-electron chi connectivity index (χ2n) is 7.80. The number of aliphatic carboxylic acids is 1. The minimum absolute atomic E-state index is 0. The Morgan fingerprint density at radius 1 is 1.10 bits per heavy atom. The molecule has 1 N–H and O–H groups in total. The number of hydrogen-bond donors (Lipinski definition) is 1. The van der Waals surface area contributed by atoms with Crippen molar-refractivity contribution in [3.8, 4) is 5.75 Å². The van der Waals surface area contributed by atoms with Crippen LogP contribution in [0, 0.1) is 0 Å². The molecule has 2 aromatic rings. The molecule has 2 aliphatic rings. The van der Waals surface area contributed by atoms with Crippen molar-refractivity contribution in [2.24, 2.45) is 0 Å². The second kappa shape index (κ2) is 9.25. The number of rotatable bonds is 6. The van der Waals surface area contributed by atoms with Gasteiger partial charge in [0.25, 0.3) is 11.8 Å². The molecule has 31 heavy (non-hydrogen) atoms. The molecule has 2 aliphatic heterocycles. The number of benzene rings is 2. The van der Waals surface area contributed by atoms with Crippen LogP contribution in [0.4, 0.5) is 0 Å². The van der Waals surface area contributed by atoms with Crippen LogP contribution in [-0.2, 0) is 19.3 Å². The molecule has 0 spiro atoms. The van der Waals surface area contributed by atoms with Gasteiger partial charge in [0.05, 0.1) is 12.0 Å².